The molecule has 0 saturated carbocycles. The fourth-order valence-corrected chi connectivity index (χ4v) is 1.12. The predicted octanol–water partition coefficient (Wildman–Crippen LogP) is 2.59. The molecular weight excluding hydrogens is 270 g/mol. The van der Waals surface area contributed by atoms with E-state index < -0.39 is 0 Å². The van der Waals surface area contributed by atoms with Crippen molar-refractivity contribution in [1.29, 1.82) is 0 Å². The molecule has 0 aliphatic heterocycles. The largest absolute Gasteiger partial charge is 0.249 e. The van der Waals surface area contributed by atoms with Gasteiger partial charge in [0.25, 0.3) is 0 Å². The van der Waals surface area contributed by atoms with Gasteiger partial charge in [0.2, 0.25) is 0 Å². The molecule has 1 rings (SSSR count). The second-order valence-corrected chi connectivity index (χ2v) is 3.18. The second-order valence-electron chi connectivity index (χ2n) is 1.80. The molecule has 1 heterocycles. The number of halogens is 2. The minimum absolute atomic E-state index is 0.701. The van der Waals surface area contributed by atoms with Crippen LogP contribution in [0.4, 0.5) is 0 Å². The first kappa shape index (κ1) is 8.76. The molecule has 3 heteroatoms. The number of aromatic nitrogens is 1. The van der Waals surface area contributed by atoms with Crippen LogP contribution >= 0.6 is 31.9 Å². The Balaban J connectivity index is 2.87. The SMILES string of the molecule is BrCC#Cc1ccnc(Br)c1. The zero-order valence-corrected chi connectivity index (χ0v) is 8.81. The molecule has 11 heavy (non-hydrogen) atoms. The van der Waals surface area contributed by atoms with E-state index in [0.717, 1.165) is 10.2 Å². The topological polar surface area (TPSA) is 12.9 Å². The molecule has 1 aromatic rings. The Bertz CT molecular complexity index is 298. The van der Waals surface area contributed by atoms with E-state index in [2.05, 4.69) is 48.7 Å². The zero-order chi connectivity index (χ0) is 8.10. The third-order valence-electron chi connectivity index (χ3n) is 1.03. The quantitative estimate of drug-likeness (QED) is 0.403. The third kappa shape index (κ3) is 3.04. The summed E-state index contributed by atoms with van der Waals surface area (Å²) in [7, 11) is 0. The summed E-state index contributed by atoms with van der Waals surface area (Å²) in [5.74, 6) is 5.88. The molecule has 0 aliphatic rings. The van der Waals surface area contributed by atoms with Gasteiger partial charge in [0, 0.05) is 11.8 Å². The average Bonchev–Trinajstić information content (AvgIpc) is 2.01. The van der Waals surface area contributed by atoms with Gasteiger partial charge in [0.05, 0.1) is 5.33 Å². The minimum atomic E-state index is 0.701. The van der Waals surface area contributed by atoms with Crippen LogP contribution in [-0.4, -0.2) is 10.3 Å². The van der Waals surface area contributed by atoms with Crippen LogP contribution in [0.15, 0.2) is 22.9 Å². The number of alkyl halides is 1. The van der Waals surface area contributed by atoms with Gasteiger partial charge in [-0.1, -0.05) is 27.8 Å². The normalized spacial score (nSPS) is 8.55. The molecule has 0 amide bonds. The fourth-order valence-electron chi connectivity index (χ4n) is 0.616. The van der Waals surface area contributed by atoms with Crippen molar-refractivity contribution in [2.24, 2.45) is 0 Å². The summed E-state index contributed by atoms with van der Waals surface area (Å²) in [6.45, 7) is 0. The lowest BCUT2D eigenvalue weighted by Gasteiger charge is -1.88. The highest BCUT2D eigenvalue weighted by Gasteiger charge is 1.87. The van der Waals surface area contributed by atoms with Crippen molar-refractivity contribution in [2.45, 2.75) is 0 Å². The first-order valence-electron chi connectivity index (χ1n) is 2.99. The van der Waals surface area contributed by atoms with Crippen LogP contribution in [0.3, 0.4) is 0 Å². The lowest BCUT2D eigenvalue weighted by molar-refractivity contribution is 1.27. The van der Waals surface area contributed by atoms with Crippen molar-refractivity contribution >= 4 is 31.9 Å². The van der Waals surface area contributed by atoms with E-state index in [-0.39, 0.29) is 0 Å². The molecule has 0 unspecified atom stereocenters. The first-order chi connectivity index (χ1) is 5.33. The van der Waals surface area contributed by atoms with Crippen molar-refractivity contribution in [3.8, 4) is 11.8 Å². The highest BCUT2D eigenvalue weighted by molar-refractivity contribution is 9.10. The summed E-state index contributed by atoms with van der Waals surface area (Å²) in [5.41, 5.74) is 0.978. The Morgan fingerprint density at radius 1 is 1.55 bits per heavy atom. The number of hydrogen-bond acceptors (Lipinski definition) is 1. The maximum atomic E-state index is 3.99. The first-order valence-corrected chi connectivity index (χ1v) is 4.91. The van der Waals surface area contributed by atoms with Gasteiger partial charge in [0.15, 0.2) is 0 Å². The lowest BCUT2D eigenvalue weighted by Crippen LogP contribution is -1.77. The van der Waals surface area contributed by atoms with Crippen molar-refractivity contribution in [1.82, 2.24) is 4.98 Å². The van der Waals surface area contributed by atoms with Crippen molar-refractivity contribution in [2.75, 3.05) is 5.33 Å². The molecular formula is C8H5Br2N. The predicted molar refractivity (Wildman–Crippen MR) is 52.6 cm³/mol. The summed E-state index contributed by atoms with van der Waals surface area (Å²) in [6.07, 6.45) is 1.72. The Morgan fingerprint density at radius 3 is 3.00 bits per heavy atom. The minimum Gasteiger partial charge on any atom is -0.249 e. The van der Waals surface area contributed by atoms with Gasteiger partial charge in [-0.25, -0.2) is 4.98 Å². The van der Waals surface area contributed by atoms with E-state index in [0.29, 0.717) is 5.33 Å². The van der Waals surface area contributed by atoms with E-state index in [1.165, 1.54) is 0 Å². The summed E-state index contributed by atoms with van der Waals surface area (Å²) >= 11 is 6.49. The Kier molecular flexibility index (Phi) is 3.61. The number of rotatable bonds is 0. The molecule has 1 nitrogen and oxygen atoms in total. The summed E-state index contributed by atoms with van der Waals surface area (Å²) < 4.78 is 0.818. The van der Waals surface area contributed by atoms with Crippen molar-refractivity contribution in [3.05, 3.63) is 28.5 Å². The Morgan fingerprint density at radius 2 is 2.36 bits per heavy atom. The van der Waals surface area contributed by atoms with E-state index in [1.807, 2.05) is 12.1 Å². The van der Waals surface area contributed by atoms with Gasteiger partial charge in [-0.3, -0.25) is 0 Å². The van der Waals surface area contributed by atoms with Gasteiger partial charge in [-0.05, 0) is 28.1 Å². The van der Waals surface area contributed by atoms with Gasteiger partial charge in [-0.2, -0.15) is 0 Å². The van der Waals surface area contributed by atoms with Crippen LogP contribution in [0.25, 0.3) is 0 Å². The second kappa shape index (κ2) is 4.53. The molecule has 0 aliphatic carbocycles. The van der Waals surface area contributed by atoms with E-state index >= 15 is 0 Å². The lowest BCUT2D eigenvalue weighted by atomic mass is 10.3. The highest BCUT2D eigenvalue weighted by Crippen LogP contribution is 2.06. The van der Waals surface area contributed by atoms with E-state index in [9.17, 15) is 0 Å². The van der Waals surface area contributed by atoms with Crippen LogP contribution < -0.4 is 0 Å². The number of hydrogen-bond donors (Lipinski definition) is 0. The molecule has 0 aromatic carbocycles. The van der Waals surface area contributed by atoms with Crippen molar-refractivity contribution in [3.63, 3.8) is 0 Å². The molecule has 0 saturated heterocycles. The van der Waals surface area contributed by atoms with E-state index in [4.69, 9.17) is 0 Å². The zero-order valence-electron chi connectivity index (χ0n) is 5.64. The van der Waals surface area contributed by atoms with Gasteiger partial charge < -0.3 is 0 Å². The molecule has 0 atom stereocenters. The summed E-state index contributed by atoms with van der Waals surface area (Å²) in [6, 6.07) is 3.76. The molecule has 56 valence electrons. The van der Waals surface area contributed by atoms with Crippen LogP contribution in [-0.2, 0) is 0 Å². The number of nitrogens with zero attached hydrogens (tertiary/aromatic N) is 1. The maximum Gasteiger partial charge on any atom is 0.107 e. The smallest absolute Gasteiger partial charge is 0.107 e. The molecule has 0 N–H and O–H groups in total. The van der Waals surface area contributed by atoms with E-state index in [1.54, 1.807) is 6.20 Å². The molecule has 1 aromatic heterocycles. The highest BCUT2D eigenvalue weighted by atomic mass is 79.9. The summed E-state index contributed by atoms with van der Waals surface area (Å²) in [5, 5.41) is 0.701. The average molecular weight is 275 g/mol. The molecule has 0 spiro atoms. The van der Waals surface area contributed by atoms with Gasteiger partial charge in [0.1, 0.15) is 4.60 Å². The van der Waals surface area contributed by atoms with Gasteiger partial charge >= 0.3 is 0 Å². The van der Waals surface area contributed by atoms with Crippen LogP contribution in [0.2, 0.25) is 0 Å². The van der Waals surface area contributed by atoms with Crippen LogP contribution in [0, 0.1) is 11.8 Å². The standard InChI is InChI=1S/C8H5Br2N/c9-4-1-2-7-3-5-11-8(10)6-7/h3,5-6H,4H2. The molecule has 0 radical (unpaired) electrons. The third-order valence-corrected chi connectivity index (χ3v) is 1.74. The molecule has 0 fully saturated rings. The fraction of sp³-hybridized carbons (Fsp3) is 0.125. The Hall–Kier alpha value is -0.330. The van der Waals surface area contributed by atoms with Crippen molar-refractivity contribution < 1.29 is 0 Å². The monoisotopic (exact) mass is 273 g/mol. The molecule has 0 bridgehead atoms. The number of pyridine rings is 1. The van der Waals surface area contributed by atoms with Crippen LogP contribution in [0.1, 0.15) is 5.56 Å². The Labute approximate surface area is 82.5 Å². The summed E-state index contributed by atoms with van der Waals surface area (Å²) in [4.78, 5) is 3.99. The maximum absolute atomic E-state index is 3.99. The van der Waals surface area contributed by atoms with Crippen LogP contribution in [0.5, 0.6) is 0 Å². The van der Waals surface area contributed by atoms with Gasteiger partial charge in [-0.15, -0.1) is 0 Å².